The maximum absolute atomic E-state index is 13.2. The molecule has 2 aliphatic heterocycles. The zero-order valence-electron chi connectivity index (χ0n) is 20.7. The Labute approximate surface area is 208 Å². The monoisotopic (exact) mass is 472 g/mol. The van der Waals surface area contributed by atoms with Gasteiger partial charge in [0.1, 0.15) is 0 Å². The van der Waals surface area contributed by atoms with Crippen molar-refractivity contribution in [3.8, 4) is 0 Å². The SMILES string of the molecule is CN(Cc1ccccc1)Cc1cc(C[C@H]2CNCC[C@H]2CC(=O)N2CCc3ccccc3C2)no1. The molecule has 0 bridgehead atoms. The van der Waals surface area contributed by atoms with Gasteiger partial charge in [-0.25, -0.2) is 0 Å². The highest BCUT2D eigenvalue weighted by molar-refractivity contribution is 5.76. The standard InChI is InChI=1S/C29H36N4O2/c1-32(19-22-7-3-2-4-8-22)21-28-17-27(31-35-28)15-26-18-30-13-11-24(26)16-29(34)33-14-12-23-9-5-6-10-25(23)20-33/h2-10,17,24,26,30H,11-16,18-21H2,1H3/t24-,26-/m0/s1. The maximum atomic E-state index is 13.2. The van der Waals surface area contributed by atoms with E-state index in [1.165, 1.54) is 16.7 Å². The van der Waals surface area contributed by atoms with Crippen LogP contribution >= 0.6 is 0 Å². The topological polar surface area (TPSA) is 61.6 Å². The minimum atomic E-state index is 0.291. The molecule has 0 unspecified atom stereocenters. The molecule has 6 heteroatoms. The van der Waals surface area contributed by atoms with Crippen LogP contribution in [0.15, 0.2) is 65.2 Å². The lowest BCUT2D eigenvalue weighted by molar-refractivity contribution is -0.133. The summed E-state index contributed by atoms with van der Waals surface area (Å²) in [6.07, 6.45) is 3.46. The molecule has 0 saturated carbocycles. The highest BCUT2D eigenvalue weighted by Gasteiger charge is 2.30. The van der Waals surface area contributed by atoms with Crippen molar-refractivity contribution in [3.05, 3.63) is 88.8 Å². The summed E-state index contributed by atoms with van der Waals surface area (Å²) in [5.41, 5.74) is 4.95. The fourth-order valence-corrected chi connectivity index (χ4v) is 5.56. The first kappa shape index (κ1) is 23.8. The molecule has 0 radical (unpaired) electrons. The number of hydrogen-bond acceptors (Lipinski definition) is 5. The second kappa shape index (κ2) is 11.2. The van der Waals surface area contributed by atoms with E-state index in [2.05, 4.69) is 81.9 Å². The lowest BCUT2D eigenvalue weighted by Gasteiger charge is -2.34. The van der Waals surface area contributed by atoms with Gasteiger partial charge in [0.2, 0.25) is 5.91 Å². The number of rotatable bonds is 8. The Morgan fingerprint density at radius 1 is 1.09 bits per heavy atom. The molecule has 5 rings (SSSR count). The molecular weight excluding hydrogens is 436 g/mol. The molecule has 184 valence electrons. The van der Waals surface area contributed by atoms with Crippen LogP contribution < -0.4 is 5.32 Å². The predicted molar refractivity (Wildman–Crippen MR) is 136 cm³/mol. The van der Waals surface area contributed by atoms with Crippen molar-refractivity contribution >= 4 is 5.91 Å². The van der Waals surface area contributed by atoms with E-state index in [4.69, 9.17) is 4.52 Å². The Morgan fingerprint density at radius 3 is 2.74 bits per heavy atom. The normalized spacial score (nSPS) is 20.1. The van der Waals surface area contributed by atoms with Crippen molar-refractivity contribution in [2.45, 2.75) is 45.3 Å². The van der Waals surface area contributed by atoms with Gasteiger partial charge in [0, 0.05) is 32.1 Å². The molecular formula is C29H36N4O2. The summed E-state index contributed by atoms with van der Waals surface area (Å²) in [6.45, 7) is 5.07. The second-order valence-corrected chi connectivity index (χ2v) is 10.2. The van der Waals surface area contributed by atoms with Crippen LogP contribution in [-0.4, -0.2) is 47.5 Å². The molecule has 35 heavy (non-hydrogen) atoms. The summed E-state index contributed by atoms with van der Waals surface area (Å²) in [5, 5.41) is 7.90. The minimum absolute atomic E-state index is 0.291. The van der Waals surface area contributed by atoms with Crippen LogP contribution in [0.5, 0.6) is 0 Å². The highest BCUT2D eigenvalue weighted by atomic mass is 16.5. The fourth-order valence-electron chi connectivity index (χ4n) is 5.56. The number of fused-ring (bicyclic) bond motifs is 1. The van der Waals surface area contributed by atoms with Gasteiger partial charge < -0.3 is 14.7 Å². The van der Waals surface area contributed by atoms with E-state index in [-0.39, 0.29) is 0 Å². The molecule has 6 nitrogen and oxygen atoms in total. The Hall–Kier alpha value is -2.96. The third-order valence-corrected chi connectivity index (χ3v) is 7.49. The molecule has 1 N–H and O–H groups in total. The van der Waals surface area contributed by atoms with Gasteiger partial charge >= 0.3 is 0 Å². The van der Waals surface area contributed by atoms with Crippen molar-refractivity contribution in [1.82, 2.24) is 20.3 Å². The molecule has 2 aliphatic rings. The second-order valence-electron chi connectivity index (χ2n) is 10.2. The summed E-state index contributed by atoms with van der Waals surface area (Å²) in [7, 11) is 2.10. The summed E-state index contributed by atoms with van der Waals surface area (Å²) < 4.78 is 5.67. The van der Waals surface area contributed by atoms with Gasteiger partial charge in [-0.3, -0.25) is 9.69 Å². The molecule has 3 aromatic rings. The zero-order chi connectivity index (χ0) is 24.0. The van der Waals surface area contributed by atoms with E-state index in [1.807, 2.05) is 6.07 Å². The van der Waals surface area contributed by atoms with Gasteiger partial charge in [-0.05, 0) is 67.9 Å². The van der Waals surface area contributed by atoms with E-state index in [0.717, 1.165) is 70.0 Å². The van der Waals surface area contributed by atoms with E-state index in [1.54, 1.807) is 0 Å². The number of nitrogens with zero attached hydrogens (tertiary/aromatic N) is 3. The van der Waals surface area contributed by atoms with Crippen LogP contribution in [-0.2, 0) is 37.3 Å². The third-order valence-electron chi connectivity index (χ3n) is 7.49. The molecule has 2 atom stereocenters. The van der Waals surface area contributed by atoms with Crippen LogP contribution in [0.2, 0.25) is 0 Å². The molecule has 0 spiro atoms. The van der Waals surface area contributed by atoms with Gasteiger partial charge in [-0.15, -0.1) is 0 Å². The van der Waals surface area contributed by atoms with Crippen molar-refractivity contribution < 1.29 is 9.32 Å². The van der Waals surface area contributed by atoms with Crippen LogP contribution in [0.1, 0.15) is 41.0 Å². The Bertz CT molecular complexity index is 1110. The fraction of sp³-hybridized carbons (Fsp3) is 0.448. The van der Waals surface area contributed by atoms with E-state index >= 15 is 0 Å². The number of piperidine rings is 1. The van der Waals surface area contributed by atoms with Crippen LogP contribution in [0.4, 0.5) is 0 Å². The van der Waals surface area contributed by atoms with Gasteiger partial charge in [0.05, 0.1) is 12.2 Å². The smallest absolute Gasteiger partial charge is 0.223 e. The number of amides is 1. The first-order valence-corrected chi connectivity index (χ1v) is 12.9. The molecule has 0 aliphatic carbocycles. The number of benzene rings is 2. The van der Waals surface area contributed by atoms with Gasteiger partial charge in [-0.1, -0.05) is 59.8 Å². The van der Waals surface area contributed by atoms with Gasteiger partial charge in [0.15, 0.2) is 5.76 Å². The lowest BCUT2D eigenvalue weighted by atomic mass is 9.80. The first-order chi connectivity index (χ1) is 17.1. The Morgan fingerprint density at radius 2 is 1.89 bits per heavy atom. The average Bonchev–Trinajstić information content (AvgIpc) is 3.31. The summed E-state index contributed by atoms with van der Waals surface area (Å²) in [5.74, 6) is 1.95. The van der Waals surface area contributed by atoms with Crippen LogP contribution in [0, 0.1) is 11.8 Å². The molecule has 3 heterocycles. The molecule has 2 aromatic carbocycles. The average molecular weight is 473 g/mol. The van der Waals surface area contributed by atoms with Gasteiger partial charge in [-0.2, -0.15) is 0 Å². The molecule has 1 amide bonds. The Kier molecular flexibility index (Phi) is 7.60. The van der Waals surface area contributed by atoms with Crippen LogP contribution in [0.25, 0.3) is 0 Å². The van der Waals surface area contributed by atoms with Crippen molar-refractivity contribution in [3.63, 3.8) is 0 Å². The number of nitrogens with one attached hydrogen (secondary N) is 1. The van der Waals surface area contributed by atoms with Crippen molar-refractivity contribution in [1.29, 1.82) is 0 Å². The molecule has 1 saturated heterocycles. The summed E-state index contributed by atoms with van der Waals surface area (Å²) in [6, 6.07) is 21.1. The van der Waals surface area contributed by atoms with Crippen molar-refractivity contribution in [2.24, 2.45) is 11.8 Å². The van der Waals surface area contributed by atoms with E-state index in [0.29, 0.717) is 24.2 Å². The van der Waals surface area contributed by atoms with E-state index in [9.17, 15) is 4.79 Å². The minimum Gasteiger partial charge on any atom is -0.360 e. The molecule has 1 aromatic heterocycles. The van der Waals surface area contributed by atoms with E-state index < -0.39 is 0 Å². The van der Waals surface area contributed by atoms with Crippen LogP contribution in [0.3, 0.4) is 0 Å². The third kappa shape index (κ3) is 6.19. The number of carbonyl (C=O) groups excluding carboxylic acids is 1. The maximum Gasteiger partial charge on any atom is 0.223 e. The summed E-state index contributed by atoms with van der Waals surface area (Å²) >= 11 is 0. The predicted octanol–water partition coefficient (Wildman–Crippen LogP) is 4.05. The quantitative estimate of drug-likeness (QED) is 0.536. The van der Waals surface area contributed by atoms with Gasteiger partial charge in [0.25, 0.3) is 0 Å². The number of aromatic nitrogens is 1. The highest BCUT2D eigenvalue weighted by Crippen LogP contribution is 2.28. The number of carbonyl (C=O) groups is 1. The zero-order valence-corrected chi connectivity index (χ0v) is 20.7. The molecule has 1 fully saturated rings. The lowest BCUT2D eigenvalue weighted by Crippen LogP contribution is -2.42. The summed E-state index contributed by atoms with van der Waals surface area (Å²) in [4.78, 5) is 17.5. The van der Waals surface area contributed by atoms with Crippen molar-refractivity contribution in [2.75, 3.05) is 26.7 Å². The first-order valence-electron chi connectivity index (χ1n) is 12.9. The number of hydrogen-bond donors (Lipinski definition) is 1. The Balaban J connectivity index is 1.15. The largest absolute Gasteiger partial charge is 0.360 e.